The maximum Gasteiger partial charge on any atom is 0.401 e. The van der Waals surface area contributed by atoms with Crippen molar-refractivity contribution in [1.82, 2.24) is 9.88 Å². The van der Waals surface area contributed by atoms with Crippen LogP contribution in [0.1, 0.15) is 25.8 Å². The Labute approximate surface area is 111 Å². The Bertz CT molecular complexity index is 380. The lowest BCUT2D eigenvalue weighted by atomic mass is 10.2. The first kappa shape index (κ1) is 15.8. The van der Waals surface area contributed by atoms with Crippen LogP contribution < -0.4 is 5.32 Å². The van der Waals surface area contributed by atoms with E-state index in [1.807, 2.05) is 6.92 Å². The van der Waals surface area contributed by atoms with Crippen molar-refractivity contribution >= 4 is 5.82 Å². The molecule has 0 radical (unpaired) electrons. The molecule has 0 unspecified atom stereocenters. The van der Waals surface area contributed by atoms with E-state index < -0.39 is 12.7 Å². The number of aromatic nitrogens is 1. The molecule has 0 saturated carbocycles. The number of halogens is 3. The van der Waals surface area contributed by atoms with Crippen LogP contribution in [-0.2, 0) is 6.54 Å². The predicted octanol–water partition coefficient (Wildman–Crippen LogP) is 3.29. The minimum absolute atomic E-state index is 0.277. The topological polar surface area (TPSA) is 28.2 Å². The van der Waals surface area contributed by atoms with Crippen LogP contribution in [0.15, 0.2) is 18.3 Å². The number of hydrogen-bond donors (Lipinski definition) is 1. The molecule has 19 heavy (non-hydrogen) atoms. The average Bonchev–Trinajstić information content (AvgIpc) is 2.34. The standard InChI is InChI=1S/C13H20F3N3/c1-3-6-17-12-8-11(5-7-18-12)9-19(4-2)10-13(14,15)16/h5,7-8H,3-4,6,9-10H2,1-2H3,(H,17,18). The number of alkyl halides is 3. The Balaban J connectivity index is 2.63. The van der Waals surface area contributed by atoms with Crippen molar-refractivity contribution in [3.63, 3.8) is 0 Å². The van der Waals surface area contributed by atoms with Crippen molar-refractivity contribution in [2.45, 2.75) is 33.0 Å². The third-order valence-corrected chi connectivity index (χ3v) is 2.64. The highest BCUT2D eigenvalue weighted by Crippen LogP contribution is 2.18. The molecule has 0 atom stereocenters. The van der Waals surface area contributed by atoms with Crippen LogP contribution in [0.25, 0.3) is 0 Å². The Hall–Kier alpha value is -1.30. The second-order valence-electron chi connectivity index (χ2n) is 4.39. The maximum absolute atomic E-state index is 12.4. The van der Waals surface area contributed by atoms with Gasteiger partial charge in [0, 0.05) is 19.3 Å². The van der Waals surface area contributed by atoms with Crippen molar-refractivity contribution in [1.29, 1.82) is 0 Å². The summed E-state index contributed by atoms with van der Waals surface area (Å²) in [5.74, 6) is 0.711. The first-order valence-electron chi connectivity index (χ1n) is 6.42. The summed E-state index contributed by atoms with van der Waals surface area (Å²) in [5, 5.41) is 3.12. The Morgan fingerprint density at radius 2 is 2.05 bits per heavy atom. The highest BCUT2D eigenvalue weighted by atomic mass is 19.4. The van der Waals surface area contributed by atoms with Gasteiger partial charge in [-0.1, -0.05) is 13.8 Å². The Morgan fingerprint density at radius 3 is 2.63 bits per heavy atom. The summed E-state index contributed by atoms with van der Waals surface area (Å²) < 4.78 is 37.1. The highest BCUT2D eigenvalue weighted by molar-refractivity contribution is 5.37. The molecule has 0 spiro atoms. The maximum atomic E-state index is 12.4. The SMILES string of the molecule is CCCNc1cc(CN(CC)CC(F)(F)F)ccn1. The third-order valence-electron chi connectivity index (χ3n) is 2.64. The van der Waals surface area contributed by atoms with Gasteiger partial charge in [-0.2, -0.15) is 13.2 Å². The zero-order valence-corrected chi connectivity index (χ0v) is 11.3. The molecule has 0 aliphatic rings. The number of hydrogen-bond acceptors (Lipinski definition) is 3. The van der Waals surface area contributed by atoms with E-state index >= 15 is 0 Å². The average molecular weight is 275 g/mol. The molecule has 1 aromatic rings. The molecular weight excluding hydrogens is 255 g/mol. The minimum Gasteiger partial charge on any atom is -0.370 e. The normalized spacial score (nSPS) is 11.9. The lowest BCUT2D eigenvalue weighted by Crippen LogP contribution is -2.33. The van der Waals surface area contributed by atoms with Crippen molar-refractivity contribution in [3.8, 4) is 0 Å². The van der Waals surface area contributed by atoms with Crippen LogP contribution >= 0.6 is 0 Å². The second-order valence-corrected chi connectivity index (χ2v) is 4.39. The van der Waals surface area contributed by atoms with E-state index in [2.05, 4.69) is 10.3 Å². The lowest BCUT2D eigenvalue weighted by Gasteiger charge is -2.22. The van der Waals surface area contributed by atoms with Gasteiger partial charge in [0.2, 0.25) is 0 Å². The van der Waals surface area contributed by atoms with Gasteiger partial charge in [-0.25, -0.2) is 4.98 Å². The molecule has 1 N–H and O–H groups in total. The van der Waals surface area contributed by atoms with Gasteiger partial charge in [0.25, 0.3) is 0 Å². The van der Waals surface area contributed by atoms with Crippen LogP contribution in [-0.4, -0.2) is 35.7 Å². The molecule has 108 valence electrons. The fourth-order valence-electron chi connectivity index (χ4n) is 1.71. The van der Waals surface area contributed by atoms with Gasteiger partial charge < -0.3 is 5.32 Å². The zero-order chi connectivity index (χ0) is 14.3. The van der Waals surface area contributed by atoms with Crippen molar-refractivity contribution in [3.05, 3.63) is 23.9 Å². The van der Waals surface area contributed by atoms with Crippen molar-refractivity contribution in [2.24, 2.45) is 0 Å². The van der Waals surface area contributed by atoms with Gasteiger partial charge in [0.05, 0.1) is 6.54 Å². The van der Waals surface area contributed by atoms with E-state index in [4.69, 9.17) is 0 Å². The molecular formula is C13H20F3N3. The zero-order valence-electron chi connectivity index (χ0n) is 11.3. The number of pyridine rings is 1. The molecule has 0 amide bonds. The summed E-state index contributed by atoms with van der Waals surface area (Å²) in [4.78, 5) is 5.49. The van der Waals surface area contributed by atoms with Crippen LogP contribution in [0, 0.1) is 0 Å². The summed E-state index contributed by atoms with van der Waals surface area (Å²) in [7, 11) is 0. The first-order valence-corrected chi connectivity index (χ1v) is 6.42. The first-order chi connectivity index (χ1) is 8.94. The van der Waals surface area contributed by atoms with Crippen LogP contribution in [0.2, 0.25) is 0 Å². The van der Waals surface area contributed by atoms with Crippen molar-refractivity contribution < 1.29 is 13.2 Å². The van der Waals surface area contributed by atoms with Crippen LogP contribution in [0.5, 0.6) is 0 Å². The van der Waals surface area contributed by atoms with E-state index in [9.17, 15) is 13.2 Å². The molecule has 3 nitrogen and oxygen atoms in total. The fourth-order valence-corrected chi connectivity index (χ4v) is 1.71. The van der Waals surface area contributed by atoms with E-state index in [1.165, 1.54) is 4.90 Å². The summed E-state index contributed by atoms with van der Waals surface area (Å²) in [6.45, 7) is 4.32. The summed E-state index contributed by atoms with van der Waals surface area (Å²) >= 11 is 0. The molecule has 0 fully saturated rings. The smallest absolute Gasteiger partial charge is 0.370 e. The second kappa shape index (κ2) is 7.33. The van der Waals surface area contributed by atoms with E-state index in [0.29, 0.717) is 12.4 Å². The van der Waals surface area contributed by atoms with Gasteiger partial charge in [-0.05, 0) is 30.7 Å². The molecule has 1 rings (SSSR count). The lowest BCUT2D eigenvalue weighted by molar-refractivity contribution is -0.146. The number of nitrogens with zero attached hydrogens (tertiary/aromatic N) is 2. The molecule has 1 heterocycles. The Morgan fingerprint density at radius 1 is 1.32 bits per heavy atom. The van der Waals surface area contributed by atoms with E-state index in [0.717, 1.165) is 18.5 Å². The molecule has 0 aromatic carbocycles. The number of anilines is 1. The van der Waals surface area contributed by atoms with Crippen LogP contribution in [0.3, 0.4) is 0 Å². The van der Waals surface area contributed by atoms with Gasteiger partial charge in [0.1, 0.15) is 5.82 Å². The van der Waals surface area contributed by atoms with Crippen LogP contribution in [0.4, 0.5) is 19.0 Å². The fraction of sp³-hybridized carbons (Fsp3) is 0.615. The molecule has 1 aromatic heterocycles. The van der Waals surface area contributed by atoms with Gasteiger partial charge in [0.15, 0.2) is 0 Å². The molecule has 0 bridgehead atoms. The monoisotopic (exact) mass is 275 g/mol. The molecule has 0 saturated heterocycles. The Kier molecular flexibility index (Phi) is 6.08. The minimum atomic E-state index is -4.16. The van der Waals surface area contributed by atoms with Crippen molar-refractivity contribution in [2.75, 3.05) is 25.0 Å². The molecule has 6 heteroatoms. The highest BCUT2D eigenvalue weighted by Gasteiger charge is 2.29. The quantitative estimate of drug-likeness (QED) is 0.827. The largest absolute Gasteiger partial charge is 0.401 e. The number of nitrogens with one attached hydrogen (secondary N) is 1. The number of rotatable bonds is 7. The summed E-state index contributed by atoms with van der Waals surface area (Å²) in [5.41, 5.74) is 0.833. The van der Waals surface area contributed by atoms with E-state index in [-0.39, 0.29) is 6.54 Å². The van der Waals surface area contributed by atoms with Gasteiger partial charge in [-0.15, -0.1) is 0 Å². The summed E-state index contributed by atoms with van der Waals surface area (Å²) in [6.07, 6.45) is -1.57. The molecule has 0 aliphatic carbocycles. The summed E-state index contributed by atoms with van der Waals surface area (Å²) in [6, 6.07) is 3.55. The molecule has 0 aliphatic heterocycles. The predicted molar refractivity (Wildman–Crippen MR) is 70.0 cm³/mol. The third kappa shape index (κ3) is 6.42. The van der Waals surface area contributed by atoms with E-state index in [1.54, 1.807) is 25.3 Å². The van der Waals surface area contributed by atoms with Gasteiger partial charge >= 0.3 is 6.18 Å². The van der Waals surface area contributed by atoms with Gasteiger partial charge in [-0.3, -0.25) is 4.90 Å².